The van der Waals surface area contributed by atoms with Gasteiger partial charge in [-0.15, -0.1) is 11.3 Å². The maximum Gasteiger partial charge on any atom is 0.416 e. The first kappa shape index (κ1) is 19.4. The van der Waals surface area contributed by atoms with Gasteiger partial charge in [-0.3, -0.25) is 9.69 Å². The van der Waals surface area contributed by atoms with E-state index in [0.29, 0.717) is 30.2 Å². The van der Waals surface area contributed by atoms with Crippen molar-refractivity contribution in [1.29, 1.82) is 0 Å². The summed E-state index contributed by atoms with van der Waals surface area (Å²) in [5.41, 5.74) is 0.772. The number of alkyl halides is 3. The van der Waals surface area contributed by atoms with E-state index in [1.165, 1.54) is 23.5 Å². The number of halogens is 3. The first-order valence-electron chi connectivity index (χ1n) is 7.94. The van der Waals surface area contributed by atoms with Crippen molar-refractivity contribution in [3.05, 3.63) is 40.9 Å². The average molecular weight is 371 g/mol. The van der Waals surface area contributed by atoms with E-state index >= 15 is 0 Å². The zero-order valence-corrected chi connectivity index (χ0v) is 14.9. The Bertz CT molecular complexity index is 698. The van der Waals surface area contributed by atoms with Gasteiger partial charge in [0, 0.05) is 24.0 Å². The maximum absolute atomic E-state index is 12.6. The number of carbonyl (C=O) groups excluding carboxylic acids is 1. The highest BCUT2D eigenvalue weighted by molar-refractivity contribution is 7.13. The third-order valence-corrected chi connectivity index (χ3v) is 4.53. The lowest BCUT2D eigenvalue weighted by molar-refractivity contribution is -0.137. The largest absolute Gasteiger partial charge is 0.416 e. The normalized spacial score (nSPS) is 11.8. The lowest BCUT2D eigenvalue weighted by Gasteiger charge is -2.18. The van der Waals surface area contributed by atoms with Crippen LogP contribution < -0.4 is 5.32 Å². The number of hydrogen-bond donors (Lipinski definition) is 1. The highest BCUT2D eigenvalue weighted by atomic mass is 32.1. The fourth-order valence-electron chi connectivity index (χ4n) is 2.28. The fourth-order valence-corrected chi connectivity index (χ4v) is 3.10. The number of nitrogens with one attached hydrogen (secondary N) is 1. The molecule has 2 rings (SSSR count). The van der Waals surface area contributed by atoms with Gasteiger partial charge in [-0.25, -0.2) is 4.98 Å². The lowest BCUT2D eigenvalue weighted by Crippen LogP contribution is -2.36. The Morgan fingerprint density at radius 2 is 1.92 bits per heavy atom. The minimum absolute atomic E-state index is 0.0393. The molecule has 1 aromatic carbocycles. The number of rotatable bonds is 7. The second-order valence-electron chi connectivity index (χ2n) is 5.48. The number of aromatic nitrogens is 1. The Balaban J connectivity index is 2.05. The molecular weight excluding hydrogens is 351 g/mol. The van der Waals surface area contributed by atoms with Gasteiger partial charge < -0.3 is 5.32 Å². The summed E-state index contributed by atoms with van der Waals surface area (Å²) in [5.74, 6) is -0.0393. The van der Waals surface area contributed by atoms with Crippen LogP contribution in [0.1, 0.15) is 25.1 Å². The summed E-state index contributed by atoms with van der Waals surface area (Å²) in [4.78, 5) is 18.1. The summed E-state index contributed by atoms with van der Waals surface area (Å²) in [7, 11) is 0. The Hall–Kier alpha value is -1.93. The van der Waals surface area contributed by atoms with Crippen LogP contribution in [0, 0.1) is 0 Å². The van der Waals surface area contributed by atoms with Crippen molar-refractivity contribution < 1.29 is 18.0 Å². The molecule has 1 heterocycles. The van der Waals surface area contributed by atoms with E-state index in [1.54, 1.807) is 0 Å². The number of nitrogens with zero attached hydrogens (tertiary/aromatic N) is 2. The summed E-state index contributed by atoms with van der Waals surface area (Å²) in [6.45, 7) is 5.92. The molecule has 25 heavy (non-hydrogen) atoms. The lowest BCUT2D eigenvalue weighted by atomic mass is 10.1. The minimum Gasteiger partial charge on any atom is -0.355 e. The molecular formula is C17H20F3N3OS. The van der Waals surface area contributed by atoms with E-state index in [9.17, 15) is 18.0 Å². The summed E-state index contributed by atoms with van der Waals surface area (Å²) < 4.78 is 37.8. The van der Waals surface area contributed by atoms with Crippen LogP contribution in [0.4, 0.5) is 13.2 Å². The van der Waals surface area contributed by atoms with Crippen LogP contribution in [-0.4, -0.2) is 35.4 Å². The molecule has 0 radical (unpaired) electrons. The van der Waals surface area contributed by atoms with E-state index in [1.807, 2.05) is 24.1 Å². The topological polar surface area (TPSA) is 45.2 Å². The van der Waals surface area contributed by atoms with E-state index in [0.717, 1.165) is 17.8 Å². The second kappa shape index (κ2) is 8.44. The van der Waals surface area contributed by atoms with Gasteiger partial charge >= 0.3 is 6.18 Å². The number of hydrogen-bond acceptors (Lipinski definition) is 4. The van der Waals surface area contributed by atoms with Crippen molar-refractivity contribution in [2.24, 2.45) is 0 Å². The highest BCUT2D eigenvalue weighted by Gasteiger charge is 2.30. The van der Waals surface area contributed by atoms with Crippen LogP contribution in [0.3, 0.4) is 0 Å². The Morgan fingerprint density at radius 1 is 1.24 bits per heavy atom. The summed E-state index contributed by atoms with van der Waals surface area (Å²) in [6, 6.07) is 4.98. The predicted molar refractivity (Wildman–Crippen MR) is 92.2 cm³/mol. The van der Waals surface area contributed by atoms with Crippen LogP contribution in [0.15, 0.2) is 29.6 Å². The zero-order valence-electron chi connectivity index (χ0n) is 14.1. The minimum atomic E-state index is -4.34. The maximum atomic E-state index is 12.6. The van der Waals surface area contributed by atoms with Crippen LogP contribution in [0.2, 0.25) is 0 Å². The van der Waals surface area contributed by atoms with Crippen molar-refractivity contribution >= 4 is 17.2 Å². The van der Waals surface area contributed by atoms with E-state index in [4.69, 9.17) is 0 Å². The van der Waals surface area contributed by atoms with Gasteiger partial charge in [0.2, 0.25) is 5.91 Å². The number of carbonyl (C=O) groups is 1. The van der Waals surface area contributed by atoms with Gasteiger partial charge in [-0.2, -0.15) is 13.2 Å². The third-order valence-electron chi connectivity index (χ3n) is 3.58. The molecule has 0 unspecified atom stereocenters. The van der Waals surface area contributed by atoms with Gasteiger partial charge in [0.25, 0.3) is 0 Å². The van der Waals surface area contributed by atoms with Crippen molar-refractivity contribution in [2.45, 2.75) is 26.6 Å². The standard InChI is InChI=1S/C17H20F3N3OS/c1-3-21-15(24)10-23(4-2)9-14-11-25-16(22-14)12-5-7-13(8-6-12)17(18,19)20/h5-8,11H,3-4,9-10H2,1-2H3,(H,21,24). The first-order valence-corrected chi connectivity index (χ1v) is 8.82. The third kappa shape index (κ3) is 5.54. The second-order valence-corrected chi connectivity index (χ2v) is 6.33. The van der Waals surface area contributed by atoms with E-state index in [-0.39, 0.29) is 12.5 Å². The predicted octanol–water partition coefficient (Wildman–Crippen LogP) is 3.79. The van der Waals surface area contributed by atoms with Crippen molar-refractivity contribution in [3.63, 3.8) is 0 Å². The highest BCUT2D eigenvalue weighted by Crippen LogP contribution is 2.31. The molecule has 136 valence electrons. The van der Waals surface area contributed by atoms with Gasteiger partial charge in [0.05, 0.1) is 17.8 Å². The zero-order chi connectivity index (χ0) is 18.4. The molecule has 8 heteroatoms. The molecule has 1 amide bonds. The van der Waals surface area contributed by atoms with Gasteiger partial charge in [0.15, 0.2) is 0 Å². The van der Waals surface area contributed by atoms with Crippen LogP contribution in [0.5, 0.6) is 0 Å². The Morgan fingerprint density at radius 3 is 2.48 bits per heavy atom. The number of amides is 1. The van der Waals surface area contributed by atoms with Crippen LogP contribution in [-0.2, 0) is 17.5 Å². The monoisotopic (exact) mass is 371 g/mol. The van der Waals surface area contributed by atoms with Gasteiger partial charge in [-0.1, -0.05) is 19.1 Å². The molecule has 0 fully saturated rings. The molecule has 0 bridgehead atoms. The van der Waals surface area contributed by atoms with Gasteiger partial charge in [0.1, 0.15) is 5.01 Å². The van der Waals surface area contributed by atoms with Crippen LogP contribution in [0.25, 0.3) is 10.6 Å². The number of likely N-dealkylation sites (N-methyl/N-ethyl adjacent to an activating group) is 2. The molecule has 0 aliphatic carbocycles. The molecule has 0 aliphatic heterocycles. The number of benzene rings is 1. The molecule has 1 aromatic heterocycles. The SMILES string of the molecule is CCNC(=O)CN(CC)Cc1csc(-c2ccc(C(F)(F)F)cc2)n1. The summed E-state index contributed by atoms with van der Waals surface area (Å²) in [6.07, 6.45) is -4.34. The first-order chi connectivity index (χ1) is 11.8. The van der Waals surface area contributed by atoms with E-state index < -0.39 is 11.7 Å². The molecule has 0 spiro atoms. The molecule has 2 aromatic rings. The summed E-state index contributed by atoms with van der Waals surface area (Å²) >= 11 is 1.38. The Labute approximate surface area is 148 Å². The fraction of sp³-hybridized carbons (Fsp3) is 0.412. The van der Waals surface area contributed by atoms with E-state index in [2.05, 4.69) is 10.3 Å². The smallest absolute Gasteiger partial charge is 0.355 e. The Kier molecular flexibility index (Phi) is 6.55. The van der Waals surface area contributed by atoms with Crippen molar-refractivity contribution in [1.82, 2.24) is 15.2 Å². The molecule has 0 saturated carbocycles. The number of thiazole rings is 1. The summed E-state index contributed by atoms with van der Waals surface area (Å²) in [5, 5.41) is 5.29. The molecule has 0 aliphatic rings. The molecule has 0 saturated heterocycles. The van der Waals surface area contributed by atoms with Crippen molar-refractivity contribution in [2.75, 3.05) is 19.6 Å². The van der Waals surface area contributed by atoms with Gasteiger partial charge in [-0.05, 0) is 25.6 Å². The molecule has 1 N–H and O–H groups in total. The van der Waals surface area contributed by atoms with Crippen molar-refractivity contribution in [3.8, 4) is 10.6 Å². The quantitative estimate of drug-likeness (QED) is 0.806. The molecule has 0 atom stereocenters. The molecule has 4 nitrogen and oxygen atoms in total. The average Bonchev–Trinajstić information content (AvgIpc) is 3.02. The van der Waals surface area contributed by atoms with Crippen LogP contribution >= 0.6 is 11.3 Å².